The summed E-state index contributed by atoms with van der Waals surface area (Å²) in [6, 6.07) is 26.8. The lowest BCUT2D eigenvalue weighted by Crippen LogP contribution is -1.82. The predicted octanol–water partition coefficient (Wildman–Crippen LogP) is 6.78. The quantitative estimate of drug-likeness (QED) is 0.289. The van der Waals surface area contributed by atoms with Crippen LogP contribution in [0, 0.1) is 0 Å². The van der Waals surface area contributed by atoms with Crippen molar-refractivity contribution in [1.29, 1.82) is 0 Å². The van der Waals surface area contributed by atoms with Gasteiger partial charge in [0.15, 0.2) is 0 Å². The molecule has 0 radical (unpaired) electrons. The van der Waals surface area contributed by atoms with Crippen LogP contribution in [0.1, 0.15) is 11.1 Å². The Hall–Kier alpha value is -2.64. The summed E-state index contributed by atoms with van der Waals surface area (Å²) < 4.78 is 2.78. The summed E-state index contributed by atoms with van der Waals surface area (Å²) in [6.45, 7) is 0. The molecule has 1 heteroatoms. The third kappa shape index (κ3) is 1.53. The molecule has 0 fully saturated rings. The van der Waals surface area contributed by atoms with Gasteiger partial charge in [-0.25, -0.2) is 0 Å². The van der Waals surface area contributed by atoms with Crippen molar-refractivity contribution in [2.45, 2.75) is 6.42 Å². The van der Waals surface area contributed by atoms with Crippen LogP contribution in [0.4, 0.5) is 0 Å². The topological polar surface area (TPSA) is 0 Å². The molecule has 1 aliphatic carbocycles. The SMILES string of the molecule is c1ccc2c3c(ccc2c1)Cc1ccc2sc4ccccc4c2c1-3. The summed E-state index contributed by atoms with van der Waals surface area (Å²) in [5.74, 6) is 0. The third-order valence-electron chi connectivity index (χ3n) is 5.28. The molecule has 5 aromatic rings. The highest BCUT2D eigenvalue weighted by Crippen LogP contribution is 2.48. The van der Waals surface area contributed by atoms with Crippen LogP contribution in [0.3, 0.4) is 0 Å². The van der Waals surface area contributed by atoms with E-state index in [1.54, 1.807) is 0 Å². The first-order valence-electron chi connectivity index (χ1n) is 8.34. The van der Waals surface area contributed by atoms with Gasteiger partial charge in [-0.15, -0.1) is 11.3 Å². The van der Waals surface area contributed by atoms with Crippen molar-refractivity contribution in [1.82, 2.24) is 0 Å². The van der Waals surface area contributed by atoms with Gasteiger partial charge in [0.25, 0.3) is 0 Å². The van der Waals surface area contributed by atoms with Gasteiger partial charge < -0.3 is 0 Å². The van der Waals surface area contributed by atoms with Crippen molar-refractivity contribution in [2.75, 3.05) is 0 Å². The van der Waals surface area contributed by atoms with Crippen LogP contribution in [0.2, 0.25) is 0 Å². The van der Waals surface area contributed by atoms with Gasteiger partial charge in [0.2, 0.25) is 0 Å². The maximum absolute atomic E-state index is 2.34. The number of benzene rings is 4. The van der Waals surface area contributed by atoms with Crippen LogP contribution in [0.25, 0.3) is 42.1 Å². The Morgan fingerprint density at radius 2 is 1.33 bits per heavy atom. The van der Waals surface area contributed by atoms with Crippen LogP contribution >= 0.6 is 11.3 Å². The monoisotopic (exact) mass is 322 g/mol. The molecule has 0 amide bonds. The van der Waals surface area contributed by atoms with E-state index in [0.717, 1.165) is 6.42 Å². The Morgan fingerprint density at radius 1 is 0.583 bits per heavy atom. The van der Waals surface area contributed by atoms with Gasteiger partial charge >= 0.3 is 0 Å². The predicted molar refractivity (Wildman–Crippen MR) is 105 cm³/mol. The Balaban J connectivity index is 1.87. The molecule has 0 aliphatic heterocycles. The highest BCUT2D eigenvalue weighted by Gasteiger charge is 2.24. The second-order valence-electron chi connectivity index (χ2n) is 6.57. The Bertz CT molecular complexity index is 1270. The maximum atomic E-state index is 2.34. The number of thiophene rings is 1. The standard InChI is InChI=1S/C23H14S/c1-2-6-17-14(5-1)9-10-15-13-16-11-12-20-23(22(16)21(15)17)18-7-3-4-8-19(18)24-20/h1-12H,13H2. The minimum absolute atomic E-state index is 1.05. The average Bonchev–Trinajstić information content (AvgIpc) is 3.19. The molecule has 0 saturated carbocycles. The van der Waals surface area contributed by atoms with Crippen molar-refractivity contribution in [3.8, 4) is 11.1 Å². The van der Waals surface area contributed by atoms with E-state index in [4.69, 9.17) is 0 Å². The van der Waals surface area contributed by atoms with Gasteiger partial charge in [-0.2, -0.15) is 0 Å². The van der Waals surface area contributed by atoms with Crippen molar-refractivity contribution in [3.63, 3.8) is 0 Å². The van der Waals surface area contributed by atoms with Crippen molar-refractivity contribution in [3.05, 3.63) is 83.9 Å². The summed E-state index contributed by atoms with van der Waals surface area (Å²) in [6.07, 6.45) is 1.05. The van der Waals surface area contributed by atoms with Crippen LogP contribution in [-0.4, -0.2) is 0 Å². The molecule has 0 bridgehead atoms. The average molecular weight is 322 g/mol. The van der Waals surface area contributed by atoms with E-state index >= 15 is 0 Å². The minimum atomic E-state index is 1.05. The first-order valence-corrected chi connectivity index (χ1v) is 9.16. The van der Waals surface area contributed by atoms with Crippen LogP contribution < -0.4 is 0 Å². The molecule has 1 aliphatic rings. The van der Waals surface area contributed by atoms with Gasteiger partial charge in [-0.05, 0) is 51.6 Å². The first kappa shape index (κ1) is 12.7. The lowest BCUT2D eigenvalue weighted by Gasteiger charge is -2.08. The van der Waals surface area contributed by atoms with E-state index in [2.05, 4.69) is 72.8 Å². The number of fused-ring (bicyclic) bond motifs is 9. The van der Waals surface area contributed by atoms with E-state index in [1.165, 1.54) is 53.2 Å². The third-order valence-corrected chi connectivity index (χ3v) is 6.41. The Kier molecular flexibility index (Phi) is 2.37. The summed E-state index contributed by atoms with van der Waals surface area (Å²) in [4.78, 5) is 0. The van der Waals surface area contributed by atoms with Gasteiger partial charge in [-0.1, -0.05) is 60.7 Å². The molecule has 112 valence electrons. The van der Waals surface area contributed by atoms with Crippen LogP contribution in [0.15, 0.2) is 72.8 Å². The first-order chi connectivity index (χ1) is 11.9. The Morgan fingerprint density at radius 3 is 2.29 bits per heavy atom. The molecule has 1 heterocycles. The van der Waals surface area contributed by atoms with Gasteiger partial charge in [0, 0.05) is 20.2 Å². The van der Waals surface area contributed by atoms with E-state index in [-0.39, 0.29) is 0 Å². The van der Waals surface area contributed by atoms with Crippen molar-refractivity contribution < 1.29 is 0 Å². The van der Waals surface area contributed by atoms with Gasteiger partial charge in [0.05, 0.1) is 0 Å². The van der Waals surface area contributed by atoms with Crippen LogP contribution in [-0.2, 0) is 6.42 Å². The normalized spacial score (nSPS) is 12.8. The molecule has 1 aromatic heterocycles. The van der Waals surface area contributed by atoms with E-state index in [1.807, 2.05) is 11.3 Å². The molecular weight excluding hydrogens is 308 g/mol. The summed E-state index contributed by atoms with van der Waals surface area (Å²) >= 11 is 1.91. The highest BCUT2D eigenvalue weighted by molar-refractivity contribution is 7.25. The maximum Gasteiger partial charge on any atom is 0.0361 e. The zero-order valence-electron chi connectivity index (χ0n) is 13.0. The second-order valence-corrected chi connectivity index (χ2v) is 7.65. The van der Waals surface area contributed by atoms with Gasteiger partial charge in [0.1, 0.15) is 0 Å². The molecule has 24 heavy (non-hydrogen) atoms. The van der Waals surface area contributed by atoms with Crippen molar-refractivity contribution in [2.24, 2.45) is 0 Å². The molecule has 0 spiro atoms. The fourth-order valence-electron chi connectivity index (χ4n) is 4.26. The minimum Gasteiger partial charge on any atom is -0.135 e. The highest BCUT2D eigenvalue weighted by atomic mass is 32.1. The number of hydrogen-bond acceptors (Lipinski definition) is 1. The summed E-state index contributed by atoms with van der Waals surface area (Å²) in [7, 11) is 0. The Labute approximate surface area is 144 Å². The summed E-state index contributed by atoms with van der Waals surface area (Å²) in [5.41, 5.74) is 5.86. The lowest BCUT2D eigenvalue weighted by molar-refractivity contribution is 1.27. The second kappa shape index (κ2) is 4.46. The van der Waals surface area contributed by atoms with Crippen LogP contribution in [0.5, 0.6) is 0 Å². The molecule has 6 rings (SSSR count). The number of rotatable bonds is 0. The molecule has 4 aromatic carbocycles. The van der Waals surface area contributed by atoms with Crippen molar-refractivity contribution >= 4 is 42.3 Å². The zero-order chi connectivity index (χ0) is 15.7. The fraction of sp³-hybridized carbons (Fsp3) is 0.0435. The fourth-order valence-corrected chi connectivity index (χ4v) is 5.37. The molecule has 0 saturated heterocycles. The van der Waals surface area contributed by atoms with E-state index in [0.29, 0.717) is 0 Å². The molecule has 0 atom stereocenters. The lowest BCUT2D eigenvalue weighted by atomic mass is 9.95. The smallest absolute Gasteiger partial charge is 0.0361 e. The largest absolute Gasteiger partial charge is 0.135 e. The number of hydrogen-bond donors (Lipinski definition) is 0. The summed E-state index contributed by atoms with van der Waals surface area (Å²) in [5, 5.41) is 5.57. The molecular formula is C23H14S. The molecule has 0 unspecified atom stereocenters. The zero-order valence-corrected chi connectivity index (χ0v) is 13.9. The molecule has 0 N–H and O–H groups in total. The van der Waals surface area contributed by atoms with E-state index in [9.17, 15) is 0 Å². The molecule has 0 nitrogen and oxygen atoms in total. The van der Waals surface area contributed by atoms with E-state index < -0.39 is 0 Å². The van der Waals surface area contributed by atoms with Gasteiger partial charge in [-0.3, -0.25) is 0 Å².